The molecule has 148 valence electrons. The van der Waals surface area contributed by atoms with Gasteiger partial charge < -0.3 is 15.4 Å². The van der Waals surface area contributed by atoms with Crippen LogP contribution < -0.4 is 10.6 Å². The fraction of sp³-hybridized carbons (Fsp3) is 0.263. The van der Waals surface area contributed by atoms with Crippen molar-refractivity contribution in [1.82, 2.24) is 0 Å². The molecule has 0 atom stereocenters. The van der Waals surface area contributed by atoms with Crippen LogP contribution in [0.15, 0.2) is 48.5 Å². The summed E-state index contributed by atoms with van der Waals surface area (Å²) in [6.07, 6.45) is 0.453. The van der Waals surface area contributed by atoms with Gasteiger partial charge in [0, 0.05) is 31.3 Å². The van der Waals surface area contributed by atoms with Crippen molar-refractivity contribution in [2.75, 3.05) is 30.3 Å². The molecule has 0 saturated heterocycles. The molecule has 0 heterocycles. The Hall–Kier alpha value is -3.31. The summed E-state index contributed by atoms with van der Waals surface area (Å²) in [5.74, 6) is -0.279. The molecular formula is C19H21ClN4O4. The molecule has 2 N–H and O–H groups in total. The van der Waals surface area contributed by atoms with Crippen LogP contribution in [-0.2, 0) is 9.53 Å². The second-order valence-electron chi connectivity index (χ2n) is 5.53. The van der Waals surface area contributed by atoms with Crippen molar-refractivity contribution in [3.8, 4) is 6.07 Å². The Morgan fingerprint density at radius 3 is 2.50 bits per heavy atom. The van der Waals surface area contributed by atoms with Gasteiger partial charge in [-0.1, -0.05) is 29.8 Å². The van der Waals surface area contributed by atoms with E-state index in [1.54, 1.807) is 0 Å². The van der Waals surface area contributed by atoms with Gasteiger partial charge in [0.1, 0.15) is 6.61 Å². The van der Waals surface area contributed by atoms with Crippen molar-refractivity contribution >= 4 is 34.6 Å². The summed E-state index contributed by atoms with van der Waals surface area (Å²) in [4.78, 5) is 22.4. The highest BCUT2D eigenvalue weighted by molar-refractivity contribution is 6.33. The Labute approximate surface area is 168 Å². The minimum atomic E-state index is -0.522. The summed E-state index contributed by atoms with van der Waals surface area (Å²) < 4.78 is 4.91. The van der Waals surface area contributed by atoms with E-state index in [2.05, 4.69) is 6.07 Å². The molecule has 0 aliphatic carbocycles. The maximum Gasteiger partial charge on any atom is 0.302 e. The van der Waals surface area contributed by atoms with Crippen LogP contribution in [0.1, 0.15) is 13.3 Å². The summed E-state index contributed by atoms with van der Waals surface area (Å²) in [5, 5.41) is 19.0. The number of nitro benzene ring substituents is 1. The van der Waals surface area contributed by atoms with Crippen molar-refractivity contribution in [2.45, 2.75) is 13.3 Å². The number of carbonyl (C=O) groups excluding carboxylic acids is 1. The number of halogens is 1. The van der Waals surface area contributed by atoms with Crippen LogP contribution in [0.25, 0.3) is 0 Å². The average Bonchev–Trinajstić information content (AvgIpc) is 2.67. The van der Waals surface area contributed by atoms with Crippen LogP contribution >= 0.6 is 11.6 Å². The predicted molar refractivity (Wildman–Crippen MR) is 108 cm³/mol. The van der Waals surface area contributed by atoms with E-state index < -0.39 is 4.92 Å². The monoisotopic (exact) mass is 404 g/mol. The van der Waals surface area contributed by atoms with Crippen molar-refractivity contribution < 1.29 is 14.5 Å². The zero-order chi connectivity index (χ0) is 20.9. The second-order valence-corrected chi connectivity index (χ2v) is 5.94. The van der Waals surface area contributed by atoms with Gasteiger partial charge in [0.2, 0.25) is 0 Å². The van der Waals surface area contributed by atoms with E-state index in [1.807, 2.05) is 35.2 Å². The fourth-order valence-corrected chi connectivity index (χ4v) is 2.30. The van der Waals surface area contributed by atoms with E-state index in [1.165, 1.54) is 25.1 Å². The van der Waals surface area contributed by atoms with Gasteiger partial charge in [-0.15, -0.1) is 0 Å². The number of carbonyl (C=O) groups is 1. The highest BCUT2D eigenvalue weighted by atomic mass is 35.5. The van der Waals surface area contributed by atoms with E-state index in [-0.39, 0.29) is 16.7 Å². The van der Waals surface area contributed by atoms with E-state index in [9.17, 15) is 14.9 Å². The number of anilines is 2. The van der Waals surface area contributed by atoms with E-state index >= 15 is 0 Å². The standard InChI is InChI=1S/C13H16N2O2.C6H5ClN2O2/c1-12(16)17-11-10-15(9-5-8-14)13-6-3-2-4-7-13;7-5-3-4(9(10)11)1-2-6(5)8/h2-4,6-7H,5,9-11H2,1H3;1-3H,8H2. The largest absolute Gasteiger partial charge is 0.464 e. The number of nitriles is 1. The van der Waals surface area contributed by atoms with Gasteiger partial charge in [-0.3, -0.25) is 14.9 Å². The lowest BCUT2D eigenvalue weighted by Crippen LogP contribution is -2.28. The number of esters is 1. The van der Waals surface area contributed by atoms with Crippen molar-refractivity contribution in [3.63, 3.8) is 0 Å². The average molecular weight is 405 g/mol. The van der Waals surface area contributed by atoms with E-state index in [0.717, 1.165) is 5.69 Å². The topological polar surface area (TPSA) is 122 Å². The van der Waals surface area contributed by atoms with Crippen molar-refractivity contribution in [3.05, 3.63) is 63.7 Å². The molecule has 0 amide bonds. The number of hydrogen-bond acceptors (Lipinski definition) is 7. The first kappa shape index (κ1) is 22.7. The molecule has 28 heavy (non-hydrogen) atoms. The van der Waals surface area contributed by atoms with Gasteiger partial charge in [0.15, 0.2) is 0 Å². The maximum absolute atomic E-state index is 10.7. The SMILES string of the molecule is CC(=O)OCCN(CCC#N)c1ccccc1.Nc1ccc([N+](=O)[O-])cc1Cl. The number of non-ortho nitro benzene ring substituents is 1. The smallest absolute Gasteiger partial charge is 0.302 e. The third kappa shape index (κ3) is 8.38. The first-order valence-electron chi connectivity index (χ1n) is 8.35. The number of hydrogen-bond donors (Lipinski definition) is 1. The number of para-hydroxylation sites is 1. The molecule has 0 aromatic heterocycles. The number of nitrogen functional groups attached to an aromatic ring is 1. The Kier molecular flexibility index (Phi) is 9.86. The van der Waals surface area contributed by atoms with Gasteiger partial charge in [0.25, 0.3) is 5.69 Å². The van der Waals surface area contributed by atoms with Gasteiger partial charge in [-0.2, -0.15) is 5.26 Å². The van der Waals surface area contributed by atoms with Crippen LogP contribution in [0.5, 0.6) is 0 Å². The molecule has 2 aromatic carbocycles. The van der Waals surface area contributed by atoms with Crippen LogP contribution in [0.2, 0.25) is 5.02 Å². The Morgan fingerprint density at radius 2 is 1.96 bits per heavy atom. The summed E-state index contributed by atoms with van der Waals surface area (Å²) in [6, 6.07) is 15.8. The Morgan fingerprint density at radius 1 is 1.29 bits per heavy atom. The third-order valence-electron chi connectivity index (χ3n) is 3.48. The highest BCUT2D eigenvalue weighted by Crippen LogP contribution is 2.23. The Balaban J connectivity index is 0.000000307. The molecule has 2 aromatic rings. The number of ether oxygens (including phenoxy) is 1. The summed E-state index contributed by atoms with van der Waals surface area (Å²) in [5.41, 5.74) is 6.66. The fourth-order valence-electron chi connectivity index (χ4n) is 2.12. The highest BCUT2D eigenvalue weighted by Gasteiger charge is 2.07. The van der Waals surface area contributed by atoms with E-state index in [0.29, 0.717) is 31.8 Å². The van der Waals surface area contributed by atoms with E-state index in [4.69, 9.17) is 27.3 Å². The van der Waals surface area contributed by atoms with Crippen LogP contribution in [0.4, 0.5) is 17.1 Å². The second kappa shape index (κ2) is 12.1. The third-order valence-corrected chi connectivity index (χ3v) is 3.80. The minimum absolute atomic E-state index is 0.0517. The zero-order valence-corrected chi connectivity index (χ0v) is 16.1. The summed E-state index contributed by atoms with van der Waals surface area (Å²) in [7, 11) is 0. The zero-order valence-electron chi connectivity index (χ0n) is 15.4. The van der Waals surface area contributed by atoms with Gasteiger partial charge in [-0.05, 0) is 18.2 Å². The lowest BCUT2D eigenvalue weighted by Gasteiger charge is -2.23. The molecule has 8 nitrogen and oxygen atoms in total. The number of nitro groups is 1. The van der Waals surface area contributed by atoms with Crippen LogP contribution in [0.3, 0.4) is 0 Å². The molecule has 0 radical (unpaired) electrons. The van der Waals surface area contributed by atoms with Gasteiger partial charge in [0.05, 0.1) is 34.7 Å². The summed E-state index contributed by atoms with van der Waals surface area (Å²) >= 11 is 5.53. The molecule has 0 spiro atoms. The van der Waals surface area contributed by atoms with Gasteiger partial charge in [-0.25, -0.2) is 0 Å². The first-order valence-corrected chi connectivity index (χ1v) is 8.72. The minimum Gasteiger partial charge on any atom is -0.464 e. The van der Waals surface area contributed by atoms with Crippen LogP contribution in [0, 0.1) is 21.4 Å². The summed E-state index contributed by atoms with van der Waals surface area (Å²) in [6.45, 7) is 2.98. The molecule has 0 bridgehead atoms. The first-order chi connectivity index (χ1) is 13.3. The maximum atomic E-state index is 10.7. The Bertz CT molecular complexity index is 824. The molecule has 0 fully saturated rings. The van der Waals surface area contributed by atoms with Crippen molar-refractivity contribution in [1.29, 1.82) is 5.26 Å². The molecule has 0 aliphatic rings. The lowest BCUT2D eigenvalue weighted by molar-refractivity contribution is -0.384. The molecule has 0 unspecified atom stereocenters. The van der Waals surface area contributed by atoms with Crippen molar-refractivity contribution in [2.24, 2.45) is 0 Å². The predicted octanol–water partition coefficient (Wildman–Crippen LogP) is 3.80. The molecular weight excluding hydrogens is 384 g/mol. The molecule has 9 heteroatoms. The van der Waals surface area contributed by atoms with Gasteiger partial charge >= 0.3 is 5.97 Å². The lowest BCUT2D eigenvalue weighted by atomic mass is 10.2. The van der Waals surface area contributed by atoms with Crippen LogP contribution in [-0.4, -0.2) is 30.6 Å². The molecule has 2 rings (SSSR count). The number of nitrogens with two attached hydrogens (primary N) is 1. The number of benzene rings is 2. The molecule has 0 aliphatic heterocycles. The number of nitrogens with zero attached hydrogens (tertiary/aromatic N) is 3. The molecule has 0 saturated carbocycles. The normalized spacial score (nSPS) is 9.46. The number of rotatable bonds is 7. The quantitative estimate of drug-likeness (QED) is 0.322.